The fourth-order valence-electron chi connectivity index (χ4n) is 2.82. The molecule has 134 valence electrons. The van der Waals surface area contributed by atoms with Gasteiger partial charge in [-0.1, -0.05) is 48.8 Å². The maximum atomic E-state index is 4.13. The molecule has 0 amide bonds. The highest BCUT2D eigenvalue weighted by Gasteiger charge is 2.21. The van der Waals surface area contributed by atoms with E-state index in [0.717, 1.165) is 25.3 Å². The third kappa shape index (κ3) is 5.00. The number of rotatable bonds is 10. The summed E-state index contributed by atoms with van der Waals surface area (Å²) in [6.07, 6.45) is 3.85. The predicted molar refractivity (Wildman–Crippen MR) is 103 cm³/mol. The van der Waals surface area contributed by atoms with Crippen LogP contribution in [0.2, 0.25) is 0 Å². The number of aryl methyl sites for hydroxylation is 1. The zero-order valence-electron chi connectivity index (χ0n) is 15.4. The summed E-state index contributed by atoms with van der Waals surface area (Å²) < 4.78 is 1.72. The highest BCUT2D eigenvalue weighted by molar-refractivity contribution is 5.40. The molecule has 0 aliphatic rings. The molecule has 6 nitrogen and oxygen atoms in total. The van der Waals surface area contributed by atoms with E-state index >= 15 is 0 Å². The van der Waals surface area contributed by atoms with Gasteiger partial charge in [0, 0.05) is 25.7 Å². The summed E-state index contributed by atoms with van der Waals surface area (Å²) in [5.74, 6) is 1.11. The number of tetrazole rings is 1. The first kappa shape index (κ1) is 18.9. The lowest BCUT2D eigenvalue weighted by atomic mass is 10.0. The molecule has 6 heteroatoms. The van der Waals surface area contributed by atoms with Crippen LogP contribution >= 0.6 is 0 Å². The van der Waals surface area contributed by atoms with E-state index < -0.39 is 0 Å². The second kappa shape index (κ2) is 9.13. The Kier molecular flexibility index (Phi) is 6.89. The number of hydrogen-bond acceptors (Lipinski definition) is 5. The average molecular weight is 340 g/mol. The zero-order chi connectivity index (χ0) is 18.2. The molecule has 0 bridgehead atoms. The zero-order valence-corrected chi connectivity index (χ0v) is 15.4. The maximum Gasteiger partial charge on any atom is 0.247 e. The number of nitrogens with one attached hydrogen (secondary N) is 1. The summed E-state index contributed by atoms with van der Waals surface area (Å²) >= 11 is 0. The van der Waals surface area contributed by atoms with Crippen molar-refractivity contribution in [3.8, 4) is 5.69 Å². The SMILES string of the molecule is C=CCN(CC=C)C(CNc1nnnn1-c1ccc(C)cc1)C(C)C. The number of anilines is 1. The molecule has 1 aromatic carbocycles. The molecular formula is C19H28N6. The fourth-order valence-corrected chi connectivity index (χ4v) is 2.82. The molecular weight excluding hydrogens is 312 g/mol. The molecule has 0 saturated carbocycles. The largest absolute Gasteiger partial charge is 0.351 e. The van der Waals surface area contributed by atoms with Crippen molar-refractivity contribution >= 4 is 5.95 Å². The molecule has 0 aliphatic heterocycles. The van der Waals surface area contributed by atoms with Crippen LogP contribution in [0, 0.1) is 12.8 Å². The molecule has 1 N–H and O–H groups in total. The van der Waals surface area contributed by atoms with Crippen molar-refractivity contribution in [2.75, 3.05) is 25.0 Å². The van der Waals surface area contributed by atoms with Crippen LogP contribution in [0.4, 0.5) is 5.95 Å². The molecule has 0 saturated heterocycles. The summed E-state index contributed by atoms with van der Waals surface area (Å²) in [5.41, 5.74) is 2.14. The van der Waals surface area contributed by atoms with Gasteiger partial charge in [0.05, 0.1) is 5.69 Å². The van der Waals surface area contributed by atoms with Gasteiger partial charge in [-0.05, 0) is 35.4 Å². The van der Waals surface area contributed by atoms with Crippen LogP contribution in [0.15, 0.2) is 49.6 Å². The minimum absolute atomic E-state index is 0.319. The second-order valence-electron chi connectivity index (χ2n) is 6.47. The first-order chi connectivity index (χ1) is 12.1. The van der Waals surface area contributed by atoms with Gasteiger partial charge in [-0.15, -0.1) is 13.2 Å². The topological polar surface area (TPSA) is 58.9 Å². The van der Waals surface area contributed by atoms with Crippen LogP contribution in [0.3, 0.4) is 0 Å². The summed E-state index contributed by atoms with van der Waals surface area (Å²) in [5, 5.41) is 15.5. The molecule has 0 fully saturated rings. The van der Waals surface area contributed by atoms with Gasteiger partial charge in [-0.3, -0.25) is 4.90 Å². The molecule has 0 aliphatic carbocycles. The fraction of sp³-hybridized carbons (Fsp3) is 0.421. The minimum atomic E-state index is 0.319. The number of aromatic nitrogens is 4. The van der Waals surface area contributed by atoms with Crippen LogP contribution in [0.25, 0.3) is 5.69 Å². The van der Waals surface area contributed by atoms with E-state index in [2.05, 4.69) is 59.7 Å². The van der Waals surface area contributed by atoms with Crippen molar-refractivity contribution in [2.45, 2.75) is 26.8 Å². The summed E-state index contributed by atoms with van der Waals surface area (Å²) in [6.45, 7) is 16.6. The van der Waals surface area contributed by atoms with Crippen molar-refractivity contribution in [3.63, 3.8) is 0 Å². The monoisotopic (exact) mass is 340 g/mol. The Morgan fingerprint density at radius 3 is 2.36 bits per heavy atom. The van der Waals surface area contributed by atoms with Crippen LogP contribution in [0.1, 0.15) is 19.4 Å². The molecule has 1 unspecified atom stereocenters. The Bertz CT molecular complexity index is 663. The highest BCUT2D eigenvalue weighted by Crippen LogP contribution is 2.15. The van der Waals surface area contributed by atoms with Crippen LogP contribution in [-0.4, -0.2) is 50.8 Å². The Morgan fingerprint density at radius 2 is 1.80 bits per heavy atom. The first-order valence-electron chi connectivity index (χ1n) is 8.62. The quantitative estimate of drug-likeness (QED) is 0.674. The molecule has 1 atom stereocenters. The van der Waals surface area contributed by atoms with E-state index in [1.807, 2.05) is 36.4 Å². The van der Waals surface area contributed by atoms with Crippen LogP contribution in [-0.2, 0) is 0 Å². The van der Waals surface area contributed by atoms with Crippen molar-refractivity contribution in [1.82, 2.24) is 25.1 Å². The lowest BCUT2D eigenvalue weighted by Gasteiger charge is -2.33. The van der Waals surface area contributed by atoms with E-state index in [1.165, 1.54) is 5.56 Å². The molecule has 0 spiro atoms. The number of benzene rings is 1. The minimum Gasteiger partial charge on any atom is -0.351 e. The molecule has 1 aromatic heterocycles. The van der Waals surface area contributed by atoms with Crippen molar-refractivity contribution < 1.29 is 0 Å². The molecule has 2 rings (SSSR count). The van der Waals surface area contributed by atoms with Gasteiger partial charge >= 0.3 is 0 Å². The third-order valence-electron chi connectivity index (χ3n) is 4.18. The van der Waals surface area contributed by atoms with E-state index in [-0.39, 0.29) is 0 Å². The van der Waals surface area contributed by atoms with Crippen molar-refractivity contribution in [3.05, 3.63) is 55.1 Å². The Morgan fingerprint density at radius 1 is 1.16 bits per heavy atom. The standard InChI is InChI=1S/C19H28N6/c1-6-12-24(13-7-2)18(15(3)4)14-20-19-21-22-23-25(19)17-10-8-16(5)9-11-17/h6-11,15,18H,1-2,12-14H2,3-5H3,(H,20,21,23). The molecule has 0 radical (unpaired) electrons. The lowest BCUT2D eigenvalue weighted by Crippen LogP contribution is -2.44. The van der Waals surface area contributed by atoms with Gasteiger partial charge in [0.25, 0.3) is 0 Å². The smallest absolute Gasteiger partial charge is 0.247 e. The third-order valence-corrected chi connectivity index (χ3v) is 4.18. The van der Waals surface area contributed by atoms with Gasteiger partial charge in [0.1, 0.15) is 0 Å². The Labute approximate surface area is 150 Å². The van der Waals surface area contributed by atoms with Crippen LogP contribution < -0.4 is 5.32 Å². The van der Waals surface area contributed by atoms with Crippen molar-refractivity contribution in [1.29, 1.82) is 0 Å². The van der Waals surface area contributed by atoms with Gasteiger partial charge < -0.3 is 5.32 Å². The second-order valence-corrected chi connectivity index (χ2v) is 6.47. The van der Waals surface area contributed by atoms with Gasteiger partial charge in [-0.2, -0.15) is 4.68 Å². The van der Waals surface area contributed by atoms with E-state index in [9.17, 15) is 0 Å². The maximum absolute atomic E-state index is 4.13. The summed E-state index contributed by atoms with van der Waals surface area (Å²) in [6, 6.07) is 8.44. The number of hydrogen-bond donors (Lipinski definition) is 1. The molecule has 25 heavy (non-hydrogen) atoms. The predicted octanol–water partition coefficient (Wildman–Crippen LogP) is 3.08. The molecule has 1 heterocycles. The van der Waals surface area contributed by atoms with E-state index in [0.29, 0.717) is 17.9 Å². The lowest BCUT2D eigenvalue weighted by molar-refractivity contribution is 0.199. The summed E-state index contributed by atoms with van der Waals surface area (Å²) in [4.78, 5) is 2.34. The van der Waals surface area contributed by atoms with Gasteiger partial charge in [-0.25, -0.2) is 0 Å². The highest BCUT2D eigenvalue weighted by atomic mass is 15.6. The Hall–Kier alpha value is -2.47. The normalized spacial score (nSPS) is 12.4. The van der Waals surface area contributed by atoms with E-state index in [1.54, 1.807) is 4.68 Å². The average Bonchev–Trinajstić information content (AvgIpc) is 3.04. The van der Waals surface area contributed by atoms with E-state index in [4.69, 9.17) is 0 Å². The van der Waals surface area contributed by atoms with Gasteiger partial charge in [0.15, 0.2) is 0 Å². The first-order valence-corrected chi connectivity index (χ1v) is 8.62. The Balaban J connectivity index is 2.13. The van der Waals surface area contributed by atoms with Crippen LogP contribution in [0.5, 0.6) is 0 Å². The number of nitrogens with zero attached hydrogens (tertiary/aromatic N) is 5. The van der Waals surface area contributed by atoms with Gasteiger partial charge in [0.2, 0.25) is 5.95 Å². The summed E-state index contributed by atoms with van der Waals surface area (Å²) in [7, 11) is 0. The van der Waals surface area contributed by atoms with Crippen molar-refractivity contribution in [2.24, 2.45) is 5.92 Å². The molecule has 2 aromatic rings.